The van der Waals surface area contributed by atoms with Gasteiger partial charge in [-0.2, -0.15) is 0 Å². The molecule has 1 amide bonds. The van der Waals surface area contributed by atoms with Crippen molar-refractivity contribution in [3.8, 4) is 0 Å². The number of nitrogens with one attached hydrogen (secondary N) is 1. The maximum absolute atomic E-state index is 11.8. The van der Waals surface area contributed by atoms with Crippen molar-refractivity contribution < 1.29 is 14.7 Å². The van der Waals surface area contributed by atoms with Gasteiger partial charge in [0.2, 0.25) is 5.91 Å². The molecule has 1 unspecified atom stereocenters. The van der Waals surface area contributed by atoms with E-state index in [0.29, 0.717) is 12.8 Å². The van der Waals surface area contributed by atoms with Crippen LogP contribution in [0.2, 0.25) is 0 Å². The molecule has 1 fully saturated rings. The first-order valence-electron chi connectivity index (χ1n) is 6.07. The van der Waals surface area contributed by atoms with E-state index in [4.69, 9.17) is 0 Å². The molecular weight excluding hydrogens is 206 g/mol. The van der Waals surface area contributed by atoms with E-state index in [2.05, 4.69) is 5.32 Å². The Morgan fingerprint density at radius 3 is 2.31 bits per heavy atom. The van der Waals surface area contributed by atoms with Crippen LogP contribution in [0.4, 0.5) is 0 Å². The Morgan fingerprint density at radius 1 is 1.31 bits per heavy atom. The highest BCUT2D eigenvalue weighted by molar-refractivity contribution is 5.88. The average molecular weight is 227 g/mol. The van der Waals surface area contributed by atoms with Crippen LogP contribution in [0.25, 0.3) is 0 Å². The lowest BCUT2D eigenvalue weighted by Crippen LogP contribution is -2.56. The SMILES string of the molecule is CCC(C)C(=O)NC1(C(=O)O)CCCCC1. The molecule has 2 N–H and O–H groups in total. The molecule has 0 aromatic carbocycles. The fourth-order valence-electron chi connectivity index (χ4n) is 2.09. The molecule has 0 saturated heterocycles. The maximum Gasteiger partial charge on any atom is 0.329 e. The molecular formula is C12H21NO3. The van der Waals surface area contributed by atoms with Gasteiger partial charge in [-0.15, -0.1) is 0 Å². The lowest BCUT2D eigenvalue weighted by Gasteiger charge is -2.34. The predicted molar refractivity (Wildman–Crippen MR) is 61.0 cm³/mol. The third kappa shape index (κ3) is 2.74. The van der Waals surface area contributed by atoms with E-state index in [-0.39, 0.29) is 11.8 Å². The molecule has 1 aliphatic carbocycles. The maximum atomic E-state index is 11.8. The third-order valence-corrected chi connectivity index (χ3v) is 3.54. The standard InChI is InChI=1S/C12H21NO3/c1-3-9(2)10(14)13-12(11(15)16)7-5-4-6-8-12/h9H,3-8H2,1-2H3,(H,13,14)(H,15,16). The lowest BCUT2D eigenvalue weighted by molar-refractivity contribution is -0.149. The number of hydrogen-bond donors (Lipinski definition) is 2. The Bertz CT molecular complexity index is 269. The van der Waals surface area contributed by atoms with Gasteiger partial charge in [0.15, 0.2) is 0 Å². The van der Waals surface area contributed by atoms with Crippen LogP contribution in [-0.2, 0) is 9.59 Å². The Kier molecular flexibility index (Phi) is 4.33. The number of aliphatic carboxylic acids is 1. The highest BCUT2D eigenvalue weighted by Gasteiger charge is 2.41. The first-order valence-corrected chi connectivity index (χ1v) is 6.07. The normalized spacial score (nSPS) is 21.1. The van der Waals surface area contributed by atoms with Crippen LogP contribution in [0.15, 0.2) is 0 Å². The average Bonchev–Trinajstić information content (AvgIpc) is 2.28. The van der Waals surface area contributed by atoms with Gasteiger partial charge in [-0.05, 0) is 19.3 Å². The molecule has 0 aromatic rings. The monoisotopic (exact) mass is 227 g/mol. The van der Waals surface area contributed by atoms with Gasteiger partial charge < -0.3 is 10.4 Å². The van der Waals surface area contributed by atoms with Crippen LogP contribution in [0.5, 0.6) is 0 Å². The summed E-state index contributed by atoms with van der Waals surface area (Å²) in [5, 5.41) is 12.0. The van der Waals surface area contributed by atoms with Crippen molar-refractivity contribution in [3.63, 3.8) is 0 Å². The van der Waals surface area contributed by atoms with Gasteiger partial charge in [-0.1, -0.05) is 33.1 Å². The van der Waals surface area contributed by atoms with E-state index >= 15 is 0 Å². The minimum atomic E-state index is -1.00. The molecule has 1 rings (SSSR count). The Labute approximate surface area is 96.4 Å². The van der Waals surface area contributed by atoms with Gasteiger partial charge in [0, 0.05) is 5.92 Å². The number of carbonyl (C=O) groups excluding carboxylic acids is 1. The molecule has 1 saturated carbocycles. The molecule has 0 aromatic heterocycles. The van der Waals surface area contributed by atoms with Crippen LogP contribution in [0, 0.1) is 5.92 Å². The van der Waals surface area contributed by atoms with Gasteiger partial charge in [-0.3, -0.25) is 4.79 Å². The Morgan fingerprint density at radius 2 is 1.88 bits per heavy atom. The zero-order valence-electron chi connectivity index (χ0n) is 10.1. The number of rotatable bonds is 4. The fourth-order valence-corrected chi connectivity index (χ4v) is 2.09. The van der Waals surface area contributed by atoms with Crippen molar-refractivity contribution >= 4 is 11.9 Å². The quantitative estimate of drug-likeness (QED) is 0.771. The molecule has 92 valence electrons. The van der Waals surface area contributed by atoms with Gasteiger partial charge in [0.25, 0.3) is 0 Å². The minimum absolute atomic E-state index is 0.113. The number of carboxylic acids is 1. The second-order valence-electron chi connectivity index (χ2n) is 4.75. The molecule has 0 aliphatic heterocycles. The molecule has 0 bridgehead atoms. The summed E-state index contributed by atoms with van der Waals surface area (Å²) in [7, 11) is 0. The zero-order chi connectivity index (χ0) is 12.2. The van der Waals surface area contributed by atoms with Crippen molar-refractivity contribution in [2.24, 2.45) is 5.92 Å². The van der Waals surface area contributed by atoms with Crippen molar-refractivity contribution in [1.29, 1.82) is 0 Å². The summed E-state index contributed by atoms with van der Waals surface area (Å²) in [5.74, 6) is -1.13. The highest BCUT2D eigenvalue weighted by Crippen LogP contribution is 2.28. The Balaban J connectivity index is 2.71. The second-order valence-corrected chi connectivity index (χ2v) is 4.75. The van der Waals surface area contributed by atoms with Gasteiger partial charge in [0.1, 0.15) is 5.54 Å². The van der Waals surface area contributed by atoms with E-state index in [0.717, 1.165) is 25.7 Å². The van der Waals surface area contributed by atoms with Crippen LogP contribution < -0.4 is 5.32 Å². The van der Waals surface area contributed by atoms with E-state index < -0.39 is 11.5 Å². The largest absolute Gasteiger partial charge is 0.480 e. The first-order chi connectivity index (χ1) is 7.52. The van der Waals surface area contributed by atoms with E-state index in [1.807, 2.05) is 13.8 Å². The molecule has 0 spiro atoms. The summed E-state index contributed by atoms with van der Waals surface area (Å²) in [6, 6.07) is 0. The zero-order valence-corrected chi connectivity index (χ0v) is 10.1. The van der Waals surface area contributed by atoms with Crippen molar-refractivity contribution in [2.75, 3.05) is 0 Å². The number of carboxylic acid groups (broad SMARTS) is 1. The third-order valence-electron chi connectivity index (χ3n) is 3.54. The molecule has 0 heterocycles. The summed E-state index contributed by atoms with van der Waals surface area (Å²) < 4.78 is 0. The van der Waals surface area contributed by atoms with Crippen molar-refractivity contribution in [3.05, 3.63) is 0 Å². The Hall–Kier alpha value is -1.06. The number of amides is 1. The molecule has 16 heavy (non-hydrogen) atoms. The topological polar surface area (TPSA) is 66.4 Å². The van der Waals surface area contributed by atoms with Crippen LogP contribution >= 0.6 is 0 Å². The van der Waals surface area contributed by atoms with Crippen LogP contribution in [0.1, 0.15) is 52.4 Å². The first kappa shape index (κ1) is 13.0. The van der Waals surface area contributed by atoms with Gasteiger partial charge >= 0.3 is 5.97 Å². The molecule has 0 radical (unpaired) electrons. The van der Waals surface area contributed by atoms with E-state index in [9.17, 15) is 14.7 Å². The van der Waals surface area contributed by atoms with E-state index in [1.54, 1.807) is 0 Å². The van der Waals surface area contributed by atoms with Gasteiger partial charge in [-0.25, -0.2) is 4.79 Å². The predicted octanol–water partition coefficient (Wildman–Crippen LogP) is 1.94. The number of carbonyl (C=O) groups is 2. The highest BCUT2D eigenvalue weighted by atomic mass is 16.4. The summed E-state index contributed by atoms with van der Waals surface area (Å²) in [4.78, 5) is 23.1. The minimum Gasteiger partial charge on any atom is -0.480 e. The van der Waals surface area contributed by atoms with Crippen molar-refractivity contribution in [1.82, 2.24) is 5.32 Å². The second kappa shape index (κ2) is 5.32. The summed E-state index contributed by atoms with van der Waals surface area (Å²) >= 11 is 0. The van der Waals surface area contributed by atoms with E-state index in [1.165, 1.54) is 0 Å². The lowest BCUT2D eigenvalue weighted by atomic mass is 9.81. The summed E-state index contributed by atoms with van der Waals surface area (Å²) in [6.07, 6.45) is 4.69. The van der Waals surface area contributed by atoms with Crippen LogP contribution in [-0.4, -0.2) is 22.5 Å². The van der Waals surface area contributed by atoms with Crippen molar-refractivity contribution in [2.45, 2.75) is 57.9 Å². The molecule has 4 heteroatoms. The number of hydrogen-bond acceptors (Lipinski definition) is 2. The summed E-state index contributed by atoms with van der Waals surface area (Å²) in [5.41, 5.74) is -1.00. The smallest absolute Gasteiger partial charge is 0.329 e. The molecule has 1 aliphatic rings. The molecule has 1 atom stereocenters. The van der Waals surface area contributed by atoms with Crippen LogP contribution in [0.3, 0.4) is 0 Å². The van der Waals surface area contributed by atoms with Gasteiger partial charge in [0.05, 0.1) is 0 Å². The fraction of sp³-hybridized carbons (Fsp3) is 0.833. The summed E-state index contributed by atoms with van der Waals surface area (Å²) in [6.45, 7) is 3.76. The molecule has 4 nitrogen and oxygen atoms in total.